The van der Waals surface area contributed by atoms with Crippen molar-refractivity contribution in [3.8, 4) is 0 Å². The second-order valence-electron chi connectivity index (χ2n) is 6.05. The molecule has 0 bridgehead atoms. The van der Waals surface area contributed by atoms with Crippen LogP contribution in [-0.2, 0) is 19.1 Å². The van der Waals surface area contributed by atoms with E-state index >= 15 is 0 Å². The van der Waals surface area contributed by atoms with E-state index in [1.165, 1.54) is 6.92 Å². The molecular weight excluding hydrogens is 306 g/mol. The average molecular weight is 333 g/mol. The van der Waals surface area contributed by atoms with Gasteiger partial charge in [0.1, 0.15) is 11.9 Å². The topological polar surface area (TPSA) is 72.5 Å². The monoisotopic (exact) mass is 333 g/mol. The highest BCUT2D eigenvalue weighted by atomic mass is 16.5. The minimum Gasteiger partial charge on any atom is -0.458 e. The van der Waals surface area contributed by atoms with E-state index in [9.17, 15) is 14.4 Å². The number of esters is 1. The number of hydrogen-bond donors (Lipinski definition) is 1. The summed E-state index contributed by atoms with van der Waals surface area (Å²) in [5.41, 5.74) is 1.53. The van der Waals surface area contributed by atoms with E-state index in [4.69, 9.17) is 4.74 Å². The van der Waals surface area contributed by atoms with Crippen LogP contribution in [0.1, 0.15) is 71.0 Å². The lowest BCUT2D eigenvalue weighted by Gasteiger charge is -2.15. The predicted octanol–water partition coefficient (Wildman–Crippen LogP) is 4.18. The number of nitrogens with one attached hydrogen (secondary N) is 1. The molecule has 1 atom stereocenters. The molecule has 0 aliphatic carbocycles. The number of ether oxygens (including phenoxy) is 1. The first-order chi connectivity index (χ1) is 11.4. The molecule has 0 aromatic heterocycles. The van der Waals surface area contributed by atoms with Crippen molar-refractivity contribution < 1.29 is 19.1 Å². The zero-order valence-electron chi connectivity index (χ0n) is 14.8. The van der Waals surface area contributed by atoms with E-state index in [0.717, 1.165) is 31.2 Å². The highest BCUT2D eigenvalue weighted by Gasteiger charge is 2.12. The van der Waals surface area contributed by atoms with Gasteiger partial charge in [-0.1, -0.05) is 25.0 Å². The van der Waals surface area contributed by atoms with Crippen molar-refractivity contribution in [1.29, 1.82) is 0 Å². The molecule has 0 spiro atoms. The number of carbonyl (C=O) groups excluding carboxylic acids is 3. The van der Waals surface area contributed by atoms with Gasteiger partial charge >= 0.3 is 5.97 Å². The Morgan fingerprint density at radius 2 is 1.71 bits per heavy atom. The van der Waals surface area contributed by atoms with E-state index in [1.807, 2.05) is 19.1 Å². The Morgan fingerprint density at radius 3 is 2.33 bits per heavy atom. The summed E-state index contributed by atoms with van der Waals surface area (Å²) >= 11 is 0. The molecule has 5 nitrogen and oxygen atoms in total. The van der Waals surface area contributed by atoms with Crippen molar-refractivity contribution in [2.24, 2.45) is 0 Å². The van der Waals surface area contributed by atoms with Gasteiger partial charge < -0.3 is 14.8 Å². The molecule has 0 unspecified atom stereocenters. The first kappa shape index (κ1) is 19.9. The van der Waals surface area contributed by atoms with Crippen LogP contribution >= 0.6 is 0 Å². The minimum absolute atomic E-state index is 0.137. The van der Waals surface area contributed by atoms with Gasteiger partial charge in [0.05, 0.1) is 0 Å². The van der Waals surface area contributed by atoms with Crippen molar-refractivity contribution in [3.63, 3.8) is 0 Å². The van der Waals surface area contributed by atoms with Crippen molar-refractivity contribution >= 4 is 23.3 Å². The molecule has 0 radical (unpaired) electrons. The van der Waals surface area contributed by atoms with E-state index in [1.54, 1.807) is 19.1 Å². The fourth-order valence-electron chi connectivity index (χ4n) is 2.39. The first-order valence-electron chi connectivity index (χ1n) is 8.45. The molecule has 132 valence electrons. The summed E-state index contributed by atoms with van der Waals surface area (Å²) in [6.07, 6.45) is 4.19. The summed E-state index contributed by atoms with van der Waals surface area (Å²) in [7, 11) is 0. The lowest BCUT2D eigenvalue weighted by molar-refractivity contribution is -0.148. The van der Waals surface area contributed by atoms with E-state index in [2.05, 4.69) is 5.32 Å². The molecule has 1 N–H and O–H groups in total. The van der Waals surface area contributed by atoms with Crippen LogP contribution in [0.15, 0.2) is 24.3 Å². The third-order valence-corrected chi connectivity index (χ3v) is 3.64. The highest BCUT2D eigenvalue weighted by molar-refractivity contribution is 5.88. The van der Waals surface area contributed by atoms with Crippen LogP contribution in [0.25, 0.3) is 0 Å². The van der Waals surface area contributed by atoms with Gasteiger partial charge in [-0.25, -0.2) is 0 Å². The summed E-state index contributed by atoms with van der Waals surface area (Å²) in [5, 5.41) is 2.71. The molecule has 0 fully saturated rings. The second kappa shape index (κ2) is 10.6. The number of rotatable bonds is 10. The number of Topliss-reactive ketones (excluding diaryl/α,β-unsaturated/α-hetero) is 1. The summed E-state index contributed by atoms with van der Waals surface area (Å²) < 4.78 is 5.44. The number of amides is 1. The molecule has 1 amide bonds. The van der Waals surface area contributed by atoms with Gasteiger partial charge in [-0.2, -0.15) is 0 Å². The Labute approximate surface area is 143 Å². The van der Waals surface area contributed by atoms with E-state index in [-0.39, 0.29) is 23.8 Å². The van der Waals surface area contributed by atoms with Crippen LogP contribution in [0.3, 0.4) is 0 Å². The minimum atomic E-state index is -0.357. The Bertz CT molecular complexity index is 568. The van der Waals surface area contributed by atoms with Gasteiger partial charge in [0.25, 0.3) is 0 Å². The van der Waals surface area contributed by atoms with E-state index < -0.39 is 0 Å². The third-order valence-electron chi connectivity index (χ3n) is 3.64. The predicted molar refractivity (Wildman–Crippen MR) is 93.6 cm³/mol. The SMILES string of the molecule is CC(=O)CCCCCCC(=O)O[C@H](C)c1cccc(NC(C)=O)c1. The first-order valence-corrected chi connectivity index (χ1v) is 8.45. The fraction of sp³-hybridized carbons (Fsp3) is 0.526. The fourth-order valence-corrected chi connectivity index (χ4v) is 2.39. The molecule has 0 saturated heterocycles. The van der Waals surface area contributed by atoms with Crippen LogP contribution in [0.2, 0.25) is 0 Å². The largest absolute Gasteiger partial charge is 0.458 e. The summed E-state index contributed by atoms with van der Waals surface area (Å²) in [6.45, 7) is 4.86. The molecular formula is C19H27NO4. The Kier molecular flexibility index (Phi) is 8.76. The maximum absolute atomic E-state index is 11.9. The number of benzene rings is 1. The molecule has 0 aliphatic rings. The smallest absolute Gasteiger partial charge is 0.306 e. The number of hydrogen-bond acceptors (Lipinski definition) is 4. The summed E-state index contributed by atoms with van der Waals surface area (Å²) in [6, 6.07) is 7.28. The van der Waals surface area contributed by atoms with Gasteiger partial charge in [0, 0.05) is 25.5 Å². The molecule has 1 rings (SSSR count). The molecule has 1 aromatic rings. The zero-order chi connectivity index (χ0) is 17.9. The van der Waals surface area contributed by atoms with Gasteiger partial charge in [-0.05, 0) is 44.4 Å². The van der Waals surface area contributed by atoms with Gasteiger partial charge in [-0.15, -0.1) is 0 Å². The van der Waals surface area contributed by atoms with Gasteiger partial charge in [-0.3, -0.25) is 9.59 Å². The van der Waals surface area contributed by atoms with Crippen LogP contribution < -0.4 is 5.32 Å². The third kappa shape index (κ3) is 8.46. The quantitative estimate of drug-likeness (QED) is 0.515. The Hall–Kier alpha value is -2.17. The maximum Gasteiger partial charge on any atom is 0.306 e. The molecule has 0 heterocycles. The van der Waals surface area contributed by atoms with Crippen LogP contribution in [0, 0.1) is 0 Å². The summed E-state index contributed by atoms with van der Waals surface area (Å²) in [4.78, 5) is 33.8. The van der Waals surface area contributed by atoms with Crippen molar-refractivity contribution in [2.45, 2.75) is 65.4 Å². The average Bonchev–Trinajstić information content (AvgIpc) is 2.50. The lowest BCUT2D eigenvalue weighted by Crippen LogP contribution is -2.10. The number of unbranched alkanes of at least 4 members (excludes halogenated alkanes) is 3. The van der Waals surface area contributed by atoms with Crippen molar-refractivity contribution in [3.05, 3.63) is 29.8 Å². The molecule has 24 heavy (non-hydrogen) atoms. The summed E-state index contributed by atoms with van der Waals surface area (Å²) in [5.74, 6) is -0.148. The van der Waals surface area contributed by atoms with Gasteiger partial charge in [0.2, 0.25) is 5.91 Å². The van der Waals surface area contributed by atoms with E-state index in [0.29, 0.717) is 18.5 Å². The Balaban J connectivity index is 2.33. The lowest BCUT2D eigenvalue weighted by atomic mass is 10.1. The highest BCUT2D eigenvalue weighted by Crippen LogP contribution is 2.21. The zero-order valence-corrected chi connectivity index (χ0v) is 14.8. The molecule has 0 aliphatic heterocycles. The van der Waals surface area contributed by atoms with Crippen LogP contribution in [0.4, 0.5) is 5.69 Å². The number of carbonyl (C=O) groups is 3. The Morgan fingerprint density at radius 1 is 1.04 bits per heavy atom. The second-order valence-corrected chi connectivity index (χ2v) is 6.05. The number of ketones is 1. The molecule has 1 aromatic carbocycles. The maximum atomic E-state index is 11.9. The van der Waals surface area contributed by atoms with Crippen molar-refractivity contribution in [2.75, 3.05) is 5.32 Å². The molecule has 5 heteroatoms. The standard InChI is InChI=1S/C19H27NO4/c1-14(21)9-6-4-5-7-12-19(23)24-15(2)17-10-8-11-18(13-17)20-16(3)22/h8,10-11,13,15H,4-7,9,12H2,1-3H3,(H,20,22)/t15-/m1/s1. The van der Waals surface area contributed by atoms with Crippen molar-refractivity contribution in [1.82, 2.24) is 0 Å². The van der Waals surface area contributed by atoms with Crippen LogP contribution in [0.5, 0.6) is 0 Å². The molecule has 0 saturated carbocycles. The normalized spacial score (nSPS) is 11.6. The number of anilines is 1. The van der Waals surface area contributed by atoms with Crippen LogP contribution in [-0.4, -0.2) is 17.7 Å². The van der Waals surface area contributed by atoms with Gasteiger partial charge in [0.15, 0.2) is 0 Å².